The van der Waals surface area contributed by atoms with Crippen LogP contribution in [0.3, 0.4) is 0 Å². The Bertz CT molecular complexity index is 149. The van der Waals surface area contributed by atoms with Gasteiger partial charge in [0.25, 0.3) is 0 Å². The zero-order chi connectivity index (χ0) is 13.0. The Labute approximate surface area is 109 Å². The van der Waals surface area contributed by atoms with Crippen LogP contribution >= 0.6 is 0 Å². The minimum atomic E-state index is 0.281. The van der Waals surface area contributed by atoms with Crippen molar-refractivity contribution in [1.29, 1.82) is 0 Å². The molecule has 0 aromatic heterocycles. The second-order valence-corrected chi connectivity index (χ2v) is 6.15. The largest absolute Gasteiger partial charge is 0.330 e. The first-order valence-electron chi connectivity index (χ1n) is 7.51. The van der Waals surface area contributed by atoms with Gasteiger partial charge in [-0.15, -0.1) is 0 Å². The predicted octanol–water partition coefficient (Wildman–Crippen LogP) is 3.84. The molecular weight excluding hydrogens is 208 g/mol. The summed E-state index contributed by atoms with van der Waals surface area (Å²) >= 11 is 0. The Morgan fingerprint density at radius 3 is 1.53 bits per heavy atom. The van der Waals surface area contributed by atoms with Crippen LogP contribution in [0.25, 0.3) is 0 Å². The molecule has 0 aliphatic heterocycles. The van der Waals surface area contributed by atoms with Crippen LogP contribution in [0.15, 0.2) is 0 Å². The van der Waals surface area contributed by atoms with Gasteiger partial charge in [-0.1, -0.05) is 44.9 Å². The highest BCUT2D eigenvalue weighted by atomic mass is 14.9. The molecule has 17 heavy (non-hydrogen) atoms. The van der Waals surface area contributed by atoms with Crippen LogP contribution in [0.4, 0.5) is 0 Å². The molecule has 0 aromatic carbocycles. The summed E-state index contributed by atoms with van der Waals surface area (Å²) in [6.07, 6.45) is 12.3. The van der Waals surface area contributed by atoms with Crippen molar-refractivity contribution in [2.45, 2.75) is 84.1 Å². The molecule has 3 N–H and O–H groups in total. The van der Waals surface area contributed by atoms with Crippen LogP contribution in [0.2, 0.25) is 0 Å². The normalized spacial score (nSPS) is 12.0. The highest BCUT2D eigenvalue weighted by molar-refractivity contribution is 4.69. The summed E-state index contributed by atoms with van der Waals surface area (Å²) in [6.45, 7) is 8.72. The first kappa shape index (κ1) is 16.9. The van der Waals surface area contributed by atoms with Gasteiger partial charge in [-0.25, -0.2) is 0 Å². The molecule has 0 spiro atoms. The second-order valence-electron chi connectivity index (χ2n) is 6.15. The van der Waals surface area contributed by atoms with E-state index in [1.807, 2.05) is 0 Å². The van der Waals surface area contributed by atoms with Gasteiger partial charge >= 0.3 is 0 Å². The summed E-state index contributed by atoms with van der Waals surface area (Å²) in [5.41, 5.74) is 5.74. The van der Waals surface area contributed by atoms with Crippen molar-refractivity contribution in [3.8, 4) is 0 Å². The topological polar surface area (TPSA) is 38.0 Å². The highest BCUT2D eigenvalue weighted by Gasteiger charge is 2.06. The lowest BCUT2D eigenvalue weighted by Crippen LogP contribution is -2.36. The van der Waals surface area contributed by atoms with E-state index in [1.165, 1.54) is 64.3 Å². The molecule has 0 aliphatic carbocycles. The van der Waals surface area contributed by atoms with E-state index in [0.717, 1.165) is 6.54 Å². The maximum Gasteiger partial charge on any atom is 0.00965 e. The first-order chi connectivity index (χ1) is 8.06. The number of hydrogen-bond donors (Lipinski definition) is 2. The zero-order valence-electron chi connectivity index (χ0n) is 12.4. The van der Waals surface area contributed by atoms with Crippen molar-refractivity contribution >= 4 is 0 Å². The standard InChI is InChI=1S/C15H34N2/c1-15(2,3)17-14-12-10-8-6-4-5-7-9-11-13-16/h17H,4-14,16H2,1-3H3. The van der Waals surface area contributed by atoms with Crippen molar-refractivity contribution in [3.05, 3.63) is 0 Å². The van der Waals surface area contributed by atoms with E-state index in [4.69, 9.17) is 5.73 Å². The Hall–Kier alpha value is -0.0800. The maximum absolute atomic E-state index is 5.46. The van der Waals surface area contributed by atoms with E-state index in [2.05, 4.69) is 26.1 Å². The van der Waals surface area contributed by atoms with Gasteiger partial charge < -0.3 is 11.1 Å². The molecule has 0 unspecified atom stereocenters. The van der Waals surface area contributed by atoms with Gasteiger partial charge in [-0.05, 0) is 46.7 Å². The van der Waals surface area contributed by atoms with Crippen molar-refractivity contribution < 1.29 is 0 Å². The monoisotopic (exact) mass is 242 g/mol. The summed E-state index contributed by atoms with van der Waals surface area (Å²) in [5.74, 6) is 0. The molecular formula is C15H34N2. The minimum Gasteiger partial charge on any atom is -0.330 e. The van der Waals surface area contributed by atoms with Gasteiger partial charge in [0.2, 0.25) is 0 Å². The quantitative estimate of drug-likeness (QED) is 0.540. The molecule has 0 heterocycles. The summed E-state index contributed by atoms with van der Waals surface area (Å²) < 4.78 is 0. The van der Waals surface area contributed by atoms with Crippen LogP contribution in [-0.2, 0) is 0 Å². The Morgan fingerprint density at radius 2 is 1.12 bits per heavy atom. The molecule has 0 saturated heterocycles. The minimum absolute atomic E-state index is 0.281. The van der Waals surface area contributed by atoms with Gasteiger partial charge in [0, 0.05) is 5.54 Å². The molecule has 0 amide bonds. The van der Waals surface area contributed by atoms with Crippen molar-refractivity contribution in [3.63, 3.8) is 0 Å². The lowest BCUT2D eigenvalue weighted by Gasteiger charge is -2.20. The zero-order valence-corrected chi connectivity index (χ0v) is 12.4. The fraction of sp³-hybridized carbons (Fsp3) is 1.00. The van der Waals surface area contributed by atoms with Gasteiger partial charge in [-0.2, -0.15) is 0 Å². The van der Waals surface area contributed by atoms with E-state index in [1.54, 1.807) is 0 Å². The van der Waals surface area contributed by atoms with Crippen LogP contribution in [0.5, 0.6) is 0 Å². The summed E-state index contributed by atoms with van der Waals surface area (Å²) in [6, 6.07) is 0. The molecule has 0 aliphatic rings. The van der Waals surface area contributed by atoms with Crippen LogP contribution in [0, 0.1) is 0 Å². The lowest BCUT2D eigenvalue weighted by atomic mass is 10.1. The summed E-state index contributed by atoms with van der Waals surface area (Å²) in [5, 5.41) is 3.54. The van der Waals surface area contributed by atoms with Gasteiger partial charge in [0.05, 0.1) is 0 Å². The Balaban J connectivity index is 2.99. The van der Waals surface area contributed by atoms with Crippen LogP contribution in [-0.4, -0.2) is 18.6 Å². The molecule has 0 saturated carbocycles. The van der Waals surface area contributed by atoms with E-state index < -0.39 is 0 Å². The van der Waals surface area contributed by atoms with Crippen molar-refractivity contribution in [1.82, 2.24) is 5.32 Å². The van der Waals surface area contributed by atoms with Gasteiger partial charge in [-0.3, -0.25) is 0 Å². The molecule has 2 heteroatoms. The Morgan fingerprint density at radius 1 is 0.706 bits per heavy atom. The summed E-state index contributed by atoms with van der Waals surface area (Å²) in [7, 11) is 0. The van der Waals surface area contributed by atoms with Crippen LogP contribution in [0.1, 0.15) is 78.6 Å². The molecule has 0 radical (unpaired) electrons. The third-order valence-corrected chi connectivity index (χ3v) is 3.04. The highest BCUT2D eigenvalue weighted by Crippen LogP contribution is 2.09. The molecule has 0 atom stereocenters. The molecule has 2 nitrogen and oxygen atoms in total. The van der Waals surface area contributed by atoms with Crippen molar-refractivity contribution in [2.75, 3.05) is 13.1 Å². The average molecular weight is 242 g/mol. The van der Waals surface area contributed by atoms with E-state index in [9.17, 15) is 0 Å². The van der Waals surface area contributed by atoms with Crippen LogP contribution < -0.4 is 11.1 Å². The fourth-order valence-corrected chi connectivity index (χ4v) is 1.97. The number of hydrogen-bond acceptors (Lipinski definition) is 2. The molecule has 104 valence electrons. The third kappa shape index (κ3) is 15.9. The fourth-order valence-electron chi connectivity index (χ4n) is 1.97. The SMILES string of the molecule is CC(C)(C)NCCCCCCCCCCCN. The number of rotatable bonds is 11. The summed E-state index contributed by atoms with van der Waals surface area (Å²) in [4.78, 5) is 0. The maximum atomic E-state index is 5.46. The number of nitrogens with two attached hydrogens (primary N) is 1. The number of nitrogens with one attached hydrogen (secondary N) is 1. The van der Waals surface area contributed by atoms with Crippen molar-refractivity contribution in [2.24, 2.45) is 5.73 Å². The average Bonchev–Trinajstić information content (AvgIpc) is 2.24. The van der Waals surface area contributed by atoms with Gasteiger partial charge in [0.15, 0.2) is 0 Å². The second kappa shape index (κ2) is 11.0. The smallest absolute Gasteiger partial charge is 0.00965 e. The molecule has 0 aromatic rings. The predicted molar refractivity (Wildman–Crippen MR) is 78.4 cm³/mol. The lowest BCUT2D eigenvalue weighted by molar-refractivity contribution is 0.415. The molecule has 0 fully saturated rings. The third-order valence-electron chi connectivity index (χ3n) is 3.04. The van der Waals surface area contributed by atoms with Gasteiger partial charge in [0.1, 0.15) is 0 Å². The molecule has 0 rings (SSSR count). The van der Waals surface area contributed by atoms with E-state index in [0.29, 0.717) is 0 Å². The van der Waals surface area contributed by atoms with E-state index >= 15 is 0 Å². The number of unbranched alkanes of at least 4 members (excludes halogenated alkanes) is 8. The van der Waals surface area contributed by atoms with E-state index in [-0.39, 0.29) is 5.54 Å². The molecule has 0 bridgehead atoms. The Kier molecular flexibility index (Phi) is 11.0. The first-order valence-corrected chi connectivity index (χ1v) is 7.51.